The summed E-state index contributed by atoms with van der Waals surface area (Å²) in [6.45, 7) is 0.514. The van der Waals surface area contributed by atoms with E-state index in [0.717, 1.165) is 0 Å². The third-order valence-corrected chi connectivity index (χ3v) is 4.56. The first-order valence-corrected chi connectivity index (χ1v) is 9.51. The van der Waals surface area contributed by atoms with Gasteiger partial charge in [0.15, 0.2) is 11.8 Å². The maximum Gasteiger partial charge on any atom is 0.422 e. The summed E-state index contributed by atoms with van der Waals surface area (Å²) < 4.78 is 42.9. The molecule has 2 heterocycles. The van der Waals surface area contributed by atoms with E-state index in [2.05, 4.69) is 9.97 Å². The normalized spacial score (nSPS) is 11.4. The second-order valence-electron chi connectivity index (χ2n) is 5.87. The molecule has 3 aromatic rings. The van der Waals surface area contributed by atoms with Crippen LogP contribution in [0.3, 0.4) is 0 Å². The lowest BCUT2D eigenvalue weighted by molar-refractivity contribution is -0.153. The van der Waals surface area contributed by atoms with Crippen molar-refractivity contribution >= 4 is 11.8 Å². The molecule has 2 aromatic heterocycles. The predicted octanol–water partition coefficient (Wildman–Crippen LogP) is 3.64. The van der Waals surface area contributed by atoms with Crippen LogP contribution in [0.5, 0.6) is 5.75 Å². The highest BCUT2D eigenvalue weighted by Gasteiger charge is 2.28. The molecule has 1 aromatic carbocycles. The smallest absolute Gasteiger partial charge is 0.422 e. The SMILES string of the molecule is CCSc1nc(-c2ccc(=O)[nH]c2)cc(=O)n1-c1ccc(OCC(F)(F)F)cc1. The molecule has 6 nitrogen and oxygen atoms in total. The molecule has 0 aliphatic carbocycles. The van der Waals surface area contributed by atoms with Crippen molar-refractivity contribution in [1.82, 2.24) is 14.5 Å². The number of nitrogens with zero attached hydrogens (tertiary/aromatic N) is 2. The van der Waals surface area contributed by atoms with Crippen LogP contribution in [0.4, 0.5) is 13.2 Å². The number of aromatic nitrogens is 3. The molecule has 3 rings (SSSR count). The lowest BCUT2D eigenvalue weighted by Crippen LogP contribution is -2.21. The second-order valence-corrected chi connectivity index (χ2v) is 7.10. The number of ether oxygens (including phenoxy) is 1. The van der Waals surface area contributed by atoms with Crippen molar-refractivity contribution in [2.75, 3.05) is 12.4 Å². The molecule has 0 unspecified atom stereocenters. The van der Waals surface area contributed by atoms with E-state index in [1.807, 2.05) is 6.92 Å². The molecule has 0 saturated heterocycles. The van der Waals surface area contributed by atoms with Crippen LogP contribution >= 0.6 is 11.8 Å². The number of hydrogen-bond donors (Lipinski definition) is 1. The van der Waals surface area contributed by atoms with E-state index < -0.39 is 12.8 Å². The van der Waals surface area contributed by atoms with Crippen LogP contribution in [-0.2, 0) is 0 Å². The number of hydrogen-bond acceptors (Lipinski definition) is 5. The van der Waals surface area contributed by atoms with Gasteiger partial charge in [-0.15, -0.1) is 0 Å². The summed E-state index contributed by atoms with van der Waals surface area (Å²) >= 11 is 1.34. The Labute approximate surface area is 167 Å². The number of benzene rings is 1. The van der Waals surface area contributed by atoms with Crippen LogP contribution in [0.15, 0.2) is 63.4 Å². The molecule has 0 aliphatic heterocycles. The number of alkyl halides is 3. The Hall–Kier alpha value is -3.01. The lowest BCUT2D eigenvalue weighted by Gasteiger charge is -2.14. The van der Waals surface area contributed by atoms with Crippen molar-refractivity contribution in [2.45, 2.75) is 18.3 Å². The minimum Gasteiger partial charge on any atom is -0.484 e. The van der Waals surface area contributed by atoms with Gasteiger partial charge < -0.3 is 9.72 Å². The van der Waals surface area contributed by atoms with Crippen molar-refractivity contribution in [3.63, 3.8) is 0 Å². The number of aromatic amines is 1. The second kappa shape index (κ2) is 8.56. The van der Waals surface area contributed by atoms with E-state index in [0.29, 0.717) is 27.9 Å². The third kappa shape index (κ3) is 5.29. The average molecular weight is 423 g/mol. The van der Waals surface area contributed by atoms with E-state index in [9.17, 15) is 22.8 Å². The maximum absolute atomic E-state index is 12.8. The van der Waals surface area contributed by atoms with Gasteiger partial charge in [0.2, 0.25) is 5.56 Å². The minimum atomic E-state index is -4.43. The standard InChI is InChI=1S/C19H16F3N3O3S/c1-2-29-18-24-15(12-3-8-16(26)23-10-12)9-17(27)25(18)13-4-6-14(7-5-13)28-11-19(20,21)22/h3-10H,2,11H2,1H3,(H,23,26). The maximum atomic E-state index is 12.8. The summed E-state index contributed by atoms with van der Waals surface area (Å²) in [7, 11) is 0. The first-order chi connectivity index (χ1) is 13.8. The molecule has 0 amide bonds. The Bertz CT molecular complexity index is 1090. The fraction of sp³-hybridized carbons (Fsp3) is 0.211. The van der Waals surface area contributed by atoms with E-state index in [1.165, 1.54) is 58.9 Å². The zero-order chi connectivity index (χ0) is 21.0. The van der Waals surface area contributed by atoms with Gasteiger partial charge in [0.05, 0.1) is 11.4 Å². The van der Waals surface area contributed by atoms with Gasteiger partial charge in [-0.05, 0) is 36.1 Å². The molecule has 0 atom stereocenters. The van der Waals surface area contributed by atoms with Gasteiger partial charge in [0, 0.05) is 23.9 Å². The van der Waals surface area contributed by atoms with E-state index >= 15 is 0 Å². The highest BCUT2D eigenvalue weighted by atomic mass is 32.2. The summed E-state index contributed by atoms with van der Waals surface area (Å²) in [5.41, 5.74) is 0.816. The van der Waals surface area contributed by atoms with Crippen molar-refractivity contribution in [2.24, 2.45) is 0 Å². The van der Waals surface area contributed by atoms with Crippen LogP contribution < -0.4 is 15.9 Å². The van der Waals surface area contributed by atoms with Crippen molar-refractivity contribution in [1.29, 1.82) is 0 Å². The first-order valence-electron chi connectivity index (χ1n) is 8.53. The number of H-pyrrole nitrogens is 1. The minimum absolute atomic E-state index is 0.0432. The molecular formula is C19H16F3N3O3S. The van der Waals surface area contributed by atoms with Crippen LogP contribution in [-0.4, -0.2) is 33.1 Å². The van der Waals surface area contributed by atoms with E-state index in [1.54, 1.807) is 6.07 Å². The summed E-state index contributed by atoms with van der Waals surface area (Å²) in [5.74, 6) is 0.690. The monoisotopic (exact) mass is 423 g/mol. The predicted molar refractivity (Wildman–Crippen MR) is 104 cm³/mol. The van der Waals surface area contributed by atoms with Crippen molar-refractivity contribution in [3.8, 4) is 22.7 Å². The van der Waals surface area contributed by atoms with Crippen LogP contribution in [0.2, 0.25) is 0 Å². The summed E-state index contributed by atoms with van der Waals surface area (Å²) in [6.07, 6.45) is -2.95. The van der Waals surface area contributed by atoms with Gasteiger partial charge in [0.25, 0.3) is 5.56 Å². The zero-order valence-corrected chi connectivity index (χ0v) is 16.0. The molecule has 0 bridgehead atoms. The zero-order valence-electron chi connectivity index (χ0n) is 15.2. The Balaban J connectivity index is 1.97. The van der Waals surface area contributed by atoms with Gasteiger partial charge in [-0.1, -0.05) is 18.7 Å². The molecule has 0 fully saturated rings. The topological polar surface area (TPSA) is 77.0 Å². The van der Waals surface area contributed by atoms with Crippen LogP contribution in [0.25, 0.3) is 16.9 Å². The molecule has 152 valence electrons. The highest BCUT2D eigenvalue weighted by molar-refractivity contribution is 7.99. The van der Waals surface area contributed by atoms with E-state index in [-0.39, 0.29) is 16.9 Å². The molecule has 10 heteroatoms. The Kier molecular flexibility index (Phi) is 6.12. The lowest BCUT2D eigenvalue weighted by atomic mass is 10.2. The average Bonchev–Trinajstić information content (AvgIpc) is 2.67. The Morgan fingerprint density at radius 3 is 2.45 bits per heavy atom. The summed E-state index contributed by atoms with van der Waals surface area (Å²) in [5, 5.41) is 0.421. The third-order valence-electron chi connectivity index (χ3n) is 3.74. The largest absolute Gasteiger partial charge is 0.484 e. The molecule has 0 aliphatic rings. The van der Waals surface area contributed by atoms with Crippen molar-refractivity contribution < 1.29 is 17.9 Å². The fourth-order valence-electron chi connectivity index (χ4n) is 2.50. The molecule has 0 radical (unpaired) electrons. The highest BCUT2D eigenvalue weighted by Crippen LogP contribution is 2.24. The molecule has 0 saturated carbocycles. The summed E-state index contributed by atoms with van der Waals surface area (Å²) in [6, 6.07) is 9.96. The number of nitrogens with one attached hydrogen (secondary N) is 1. The van der Waals surface area contributed by atoms with Gasteiger partial charge in [-0.25, -0.2) is 4.98 Å². The summed E-state index contributed by atoms with van der Waals surface area (Å²) in [4.78, 5) is 31.1. The molecular weight excluding hydrogens is 407 g/mol. The molecule has 1 N–H and O–H groups in total. The van der Waals surface area contributed by atoms with Gasteiger partial charge in [0.1, 0.15) is 5.75 Å². The number of halogens is 3. The van der Waals surface area contributed by atoms with E-state index in [4.69, 9.17) is 4.74 Å². The Morgan fingerprint density at radius 2 is 1.86 bits per heavy atom. The van der Waals surface area contributed by atoms with Gasteiger partial charge >= 0.3 is 6.18 Å². The van der Waals surface area contributed by atoms with Crippen LogP contribution in [0, 0.1) is 0 Å². The fourth-order valence-corrected chi connectivity index (χ4v) is 3.24. The first kappa shape index (κ1) is 20.7. The molecule has 29 heavy (non-hydrogen) atoms. The van der Waals surface area contributed by atoms with Crippen molar-refractivity contribution in [3.05, 3.63) is 69.4 Å². The number of thioether (sulfide) groups is 1. The Morgan fingerprint density at radius 1 is 1.14 bits per heavy atom. The van der Waals surface area contributed by atoms with Gasteiger partial charge in [-0.2, -0.15) is 13.2 Å². The number of pyridine rings is 1. The van der Waals surface area contributed by atoms with Crippen LogP contribution in [0.1, 0.15) is 6.92 Å². The number of rotatable bonds is 6. The quantitative estimate of drug-likeness (QED) is 0.484. The van der Waals surface area contributed by atoms with Gasteiger partial charge in [-0.3, -0.25) is 14.2 Å². The molecule has 0 spiro atoms.